The number of fused-ring (bicyclic) bond motifs is 4. The quantitative estimate of drug-likeness (QED) is 0.837. The van der Waals surface area contributed by atoms with E-state index in [1.165, 1.54) is 49.9 Å². The van der Waals surface area contributed by atoms with Crippen LogP contribution in [0.1, 0.15) is 42.9 Å². The highest BCUT2D eigenvalue weighted by atomic mass is 79.9. The SMILES string of the molecule is O=C(NC1c2ccc(Br)cc2CC12CC2)O[C@H]1CN2CCC1CC2. The van der Waals surface area contributed by atoms with Gasteiger partial charge in [0.2, 0.25) is 0 Å². The predicted molar refractivity (Wildman–Crippen MR) is 94.8 cm³/mol. The second-order valence-electron chi connectivity index (χ2n) is 8.04. The Hall–Kier alpha value is -1.07. The molecule has 1 spiro atoms. The fourth-order valence-electron chi connectivity index (χ4n) is 5.01. The molecule has 1 aromatic rings. The number of amides is 1. The van der Waals surface area contributed by atoms with Gasteiger partial charge in [-0.25, -0.2) is 4.79 Å². The summed E-state index contributed by atoms with van der Waals surface area (Å²) in [6, 6.07) is 6.56. The molecule has 5 aliphatic rings. The lowest BCUT2D eigenvalue weighted by molar-refractivity contribution is -0.0344. The molecule has 0 aromatic heterocycles. The van der Waals surface area contributed by atoms with Crippen LogP contribution < -0.4 is 5.32 Å². The smallest absolute Gasteiger partial charge is 0.407 e. The summed E-state index contributed by atoms with van der Waals surface area (Å²) in [4.78, 5) is 15.0. The lowest BCUT2D eigenvalue weighted by Crippen LogP contribution is -2.52. The van der Waals surface area contributed by atoms with Gasteiger partial charge in [-0.15, -0.1) is 0 Å². The molecule has 1 aromatic carbocycles. The number of ether oxygens (including phenoxy) is 1. The van der Waals surface area contributed by atoms with Crippen molar-refractivity contribution in [2.24, 2.45) is 11.3 Å². The van der Waals surface area contributed by atoms with Crippen LogP contribution in [0.2, 0.25) is 0 Å². The van der Waals surface area contributed by atoms with Crippen molar-refractivity contribution in [3.05, 3.63) is 33.8 Å². The number of piperidine rings is 3. The first kappa shape index (κ1) is 15.2. The van der Waals surface area contributed by atoms with E-state index in [1.54, 1.807) is 0 Å². The number of hydrogen-bond acceptors (Lipinski definition) is 3. The lowest BCUT2D eigenvalue weighted by atomic mass is 9.86. The van der Waals surface area contributed by atoms with Gasteiger partial charge in [-0.2, -0.15) is 0 Å². The molecule has 1 amide bonds. The van der Waals surface area contributed by atoms with E-state index >= 15 is 0 Å². The number of nitrogens with zero attached hydrogens (tertiary/aromatic N) is 1. The van der Waals surface area contributed by atoms with Gasteiger partial charge < -0.3 is 10.1 Å². The minimum Gasteiger partial charge on any atom is -0.445 e. The van der Waals surface area contributed by atoms with Gasteiger partial charge in [0, 0.05) is 11.0 Å². The molecule has 4 nitrogen and oxygen atoms in total. The van der Waals surface area contributed by atoms with Crippen molar-refractivity contribution in [1.82, 2.24) is 10.2 Å². The maximum absolute atomic E-state index is 12.6. The van der Waals surface area contributed by atoms with E-state index in [0.717, 1.165) is 17.4 Å². The molecule has 2 atom stereocenters. The number of rotatable bonds is 2. The number of hydrogen-bond donors (Lipinski definition) is 1. The summed E-state index contributed by atoms with van der Waals surface area (Å²) in [5.41, 5.74) is 2.90. The zero-order valence-corrected chi connectivity index (χ0v) is 15.3. The van der Waals surface area contributed by atoms with Crippen molar-refractivity contribution in [2.75, 3.05) is 19.6 Å². The Morgan fingerprint density at radius 3 is 2.75 bits per heavy atom. The minimum atomic E-state index is -0.221. The Balaban J connectivity index is 1.30. The Morgan fingerprint density at radius 1 is 1.29 bits per heavy atom. The summed E-state index contributed by atoms with van der Waals surface area (Å²) >= 11 is 3.56. The van der Waals surface area contributed by atoms with E-state index in [-0.39, 0.29) is 23.7 Å². The molecular formula is C19H23BrN2O2. The molecule has 128 valence electrons. The van der Waals surface area contributed by atoms with Crippen molar-refractivity contribution in [3.63, 3.8) is 0 Å². The first-order valence-electron chi connectivity index (χ1n) is 9.11. The number of benzene rings is 1. The van der Waals surface area contributed by atoms with Crippen molar-refractivity contribution in [2.45, 2.75) is 44.2 Å². The van der Waals surface area contributed by atoms with Gasteiger partial charge in [0.05, 0.1) is 6.04 Å². The standard InChI is InChI=1S/C19H23BrN2O2/c20-14-1-2-15-13(9-14)10-19(5-6-19)17(15)21-18(23)24-16-11-22-7-3-12(16)4-8-22/h1-2,9,12,16-17H,3-8,10-11H2,(H,21,23)/t16-,17?/m0/s1. The van der Waals surface area contributed by atoms with Crippen molar-refractivity contribution < 1.29 is 9.53 Å². The molecule has 24 heavy (non-hydrogen) atoms. The molecule has 2 bridgehead atoms. The minimum absolute atomic E-state index is 0.0773. The van der Waals surface area contributed by atoms with Crippen LogP contribution in [0.3, 0.4) is 0 Å². The van der Waals surface area contributed by atoms with E-state index in [4.69, 9.17) is 4.74 Å². The van der Waals surface area contributed by atoms with E-state index in [0.29, 0.717) is 5.92 Å². The monoisotopic (exact) mass is 390 g/mol. The molecule has 5 heteroatoms. The highest BCUT2D eigenvalue weighted by Crippen LogP contribution is 2.62. The number of halogens is 1. The summed E-state index contributed by atoms with van der Waals surface area (Å²) in [6.45, 7) is 3.25. The third-order valence-electron chi connectivity index (χ3n) is 6.58. The van der Waals surface area contributed by atoms with Gasteiger partial charge in [0.1, 0.15) is 6.10 Å². The maximum atomic E-state index is 12.6. The molecule has 1 saturated carbocycles. The highest BCUT2D eigenvalue weighted by Gasteiger charge is 2.55. The average Bonchev–Trinajstić information content (AvgIpc) is 3.28. The molecule has 1 unspecified atom stereocenters. The zero-order chi connectivity index (χ0) is 16.3. The van der Waals surface area contributed by atoms with Gasteiger partial charge in [0.15, 0.2) is 0 Å². The van der Waals surface area contributed by atoms with Crippen LogP contribution in [0.15, 0.2) is 22.7 Å². The van der Waals surface area contributed by atoms with Crippen LogP contribution in [0.25, 0.3) is 0 Å². The fraction of sp³-hybridized carbons (Fsp3) is 0.632. The third-order valence-corrected chi connectivity index (χ3v) is 7.07. The summed E-state index contributed by atoms with van der Waals surface area (Å²) in [7, 11) is 0. The normalized spacial score (nSPS) is 34.9. The molecule has 6 rings (SSSR count). The second-order valence-corrected chi connectivity index (χ2v) is 8.96. The van der Waals surface area contributed by atoms with Crippen molar-refractivity contribution in [3.8, 4) is 0 Å². The van der Waals surface area contributed by atoms with Gasteiger partial charge in [-0.3, -0.25) is 4.90 Å². The fourth-order valence-corrected chi connectivity index (χ4v) is 5.42. The molecule has 3 saturated heterocycles. The molecule has 2 aliphatic carbocycles. The summed E-state index contributed by atoms with van der Waals surface area (Å²) in [5, 5.41) is 3.22. The Labute approximate surface area is 151 Å². The predicted octanol–water partition coefficient (Wildman–Crippen LogP) is 3.65. The number of nitrogens with one attached hydrogen (secondary N) is 1. The Bertz CT molecular complexity index is 680. The Kier molecular flexibility index (Phi) is 3.46. The first-order valence-corrected chi connectivity index (χ1v) is 9.90. The zero-order valence-electron chi connectivity index (χ0n) is 13.8. The number of alkyl carbamates (subject to hydrolysis) is 1. The molecule has 1 N–H and O–H groups in total. The molecule has 4 fully saturated rings. The van der Waals surface area contributed by atoms with Crippen LogP contribution in [-0.4, -0.2) is 36.7 Å². The topological polar surface area (TPSA) is 41.6 Å². The van der Waals surface area contributed by atoms with E-state index in [9.17, 15) is 4.79 Å². The third kappa shape index (κ3) is 2.48. The largest absolute Gasteiger partial charge is 0.445 e. The number of carbonyl (C=O) groups is 1. The van der Waals surface area contributed by atoms with Crippen LogP contribution in [-0.2, 0) is 11.2 Å². The average molecular weight is 391 g/mol. The van der Waals surface area contributed by atoms with Gasteiger partial charge in [0.25, 0.3) is 0 Å². The van der Waals surface area contributed by atoms with Crippen LogP contribution in [0.5, 0.6) is 0 Å². The Morgan fingerprint density at radius 2 is 2.08 bits per heavy atom. The summed E-state index contributed by atoms with van der Waals surface area (Å²) in [6.07, 6.45) is 5.67. The maximum Gasteiger partial charge on any atom is 0.407 e. The van der Waals surface area contributed by atoms with Gasteiger partial charge in [-0.1, -0.05) is 22.0 Å². The molecule has 3 heterocycles. The number of carbonyl (C=O) groups excluding carboxylic acids is 1. The molecule has 3 aliphatic heterocycles. The van der Waals surface area contributed by atoms with Gasteiger partial charge in [-0.05, 0) is 79.8 Å². The van der Waals surface area contributed by atoms with E-state index in [1.807, 2.05) is 0 Å². The van der Waals surface area contributed by atoms with Crippen LogP contribution in [0.4, 0.5) is 4.79 Å². The first-order chi connectivity index (χ1) is 11.6. The van der Waals surface area contributed by atoms with E-state index < -0.39 is 0 Å². The van der Waals surface area contributed by atoms with Crippen molar-refractivity contribution >= 4 is 22.0 Å². The van der Waals surface area contributed by atoms with E-state index in [2.05, 4.69) is 44.3 Å². The second kappa shape index (κ2) is 5.46. The van der Waals surface area contributed by atoms with Gasteiger partial charge >= 0.3 is 6.09 Å². The van der Waals surface area contributed by atoms with Crippen LogP contribution in [0, 0.1) is 11.3 Å². The summed E-state index contributed by atoms with van der Waals surface area (Å²) in [5.74, 6) is 0.558. The summed E-state index contributed by atoms with van der Waals surface area (Å²) < 4.78 is 6.96. The van der Waals surface area contributed by atoms with Crippen molar-refractivity contribution in [1.29, 1.82) is 0 Å². The molecular weight excluding hydrogens is 368 g/mol. The highest BCUT2D eigenvalue weighted by molar-refractivity contribution is 9.10. The van der Waals surface area contributed by atoms with Crippen LogP contribution >= 0.6 is 15.9 Å². The lowest BCUT2D eigenvalue weighted by Gasteiger charge is -2.44. The molecule has 0 radical (unpaired) electrons.